The summed E-state index contributed by atoms with van der Waals surface area (Å²) in [4.78, 5) is 24.0. The summed E-state index contributed by atoms with van der Waals surface area (Å²) < 4.78 is 0. The van der Waals surface area contributed by atoms with Crippen molar-refractivity contribution in [2.24, 2.45) is 0 Å². The van der Waals surface area contributed by atoms with Gasteiger partial charge in [-0.1, -0.05) is 13.3 Å². The fourth-order valence-electron chi connectivity index (χ4n) is 1.37. The Balaban J connectivity index is 2.58. The molecule has 1 unspecified atom stereocenters. The van der Waals surface area contributed by atoms with Crippen molar-refractivity contribution in [1.82, 2.24) is 10.2 Å². The maximum Gasteiger partial charge on any atom is 0.324 e. The molecule has 1 fully saturated rings. The van der Waals surface area contributed by atoms with Gasteiger partial charge in [0.25, 0.3) is 5.91 Å². The quantitative estimate of drug-likeness (QED) is 0.519. The molecule has 1 saturated heterocycles. The van der Waals surface area contributed by atoms with Gasteiger partial charge in [-0.2, -0.15) is 12.6 Å². The topological polar surface area (TPSA) is 49.4 Å². The fraction of sp³-hybridized carbons (Fsp3) is 0.750. The highest BCUT2D eigenvalue weighted by atomic mass is 32.1. The monoisotopic (exact) mass is 202 g/mol. The van der Waals surface area contributed by atoms with Gasteiger partial charge in [-0.25, -0.2) is 4.79 Å². The number of carbonyl (C=O) groups excluding carboxylic acids is 2. The van der Waals surface area contributed by atoms with Gasteiger partial charge in [0.05, 0.1) is 0 Å². The molecule has 1 rings (SSSR count). The summed E-state index contributed by atoms with van der Waals surface area (Å²) in [5, 5.41) is 2.64. The van der Waals surface area contributed by atoms with Crippen LogP contribution in [0.15, 0.2) is 0 Å². The van der Waals surface area contributed by atoms with Gasteiger partial charge in [0.15, 0.2) is 0 Å². The number of rotatable bonds is 4. The zero-order valence-electron chi connectivity index (χ0n) is 7.62. The molecule has 0 aromatic heterocycles. The summed E-state index contributed by atoms with van der Waals surface area (Å²) in [6, 6.07) is -0.588. The van der Waals surface area contributed by atoms with Crippen LogP contribution in [0.4, 0.5) is 4.79 Å². The average Bonchev–Trinajstić information content (AvgIpc) is 2.34. The molecule has 3 amide bonds. The summed E-state index contributed by atoms with van der Waals surface area (Å²) in [6.07, 6.45) is 1.61. The zero-order chi connectivity index (χ0) is 9.84. The molecule has 4 nitrogen and oxygen atoms in total. The summed E-state index contributed by atoms with van der Waals surface area (Å²) in [5.74, 6) is 0.402. The van der Waals surface area contributed by atoms with E-state index >= 15 is 0 Å². The number of thiol groups is 1. The van der Waals surface area contributed by atoms with Gasteiger partial charge < -0.3 is 5.32 Å². The van der Waals surface area contributed by atoms with Crippen molar-refractivity contribution in [2.75, 3.05) is 12.3 Å². The maximum absolute atomic E-state index is 11.5. The molecule has 0 bridgehead atoms. The van der Waals surface area contributed by atoms with E-state index in [2.05, 4.69) is 17.9 Å². The van der Waals surface area contributed by atoms with Gasteiger partial charge in [-0.15, -0.1) is 0 Å². The zero-order valence-corrected chi connectivity index (χ0v) is 8.51. The molecule has 1 N–H and O–H groups in total. The van der Waals surface area contributed by atoms with Crippen molar-refractivity contribution in [3.8, 4) is 0 Å². The van der Waals surface area contributed by atoms with Crippen LogP contribution in [0.3, 0.4) is 0 Å². The van der Waals surface area contributed by atoms with Crippen molar-refractivity contribution in [2.45, 2.75) is 25.8 Å². The minimum absolute atomic E-state index is 0.110. The van der Waals surface area contributed by atoms with E-state index in [4.69, 9.17) is 0 Å². The van der Waals surface area contributed by atoms with Crippen molar-refractivity contribution in [1.29, 1.82) is 0 Å². The number of amides is 3. The highest BCUT2D eigenvalue weighted by Crippen LogP contribution is 2.10. The summed E-state index contributed by atoms with van der Waals surface area (Å²) in [5.41, 5.74) is 0. The van der Waals surface area contributed by atoms with Crippen LogP contribution in [-0.4, -0.2) is 35.2 Å². The number of nitrogens with one attached hydrogen (secondary N) is 1. The largest absolute Gasteiger partial charge is 0.326 e. The maximum atomic E-state index is 11.5. The fourth-order valence-corrected chi connectivity index (χ4v) is 1.57. The lowest BCUT2D eigenvalue weighted by atomic mass is 10.2. The van der Waals surface area contributed by atoms with Crippen LogP contribution in [0.2, 0.25) is 0 Å². The van der Waals surface area contributed by atoms with Crippen LogP contribution < -0.4 is 5.32 Å². The predicted octanol–water partition coefficient (Wildman–Crippen LogP) is 0.637. The van der Waals surface area contributed by atoms with Crippen molar-refractivity contribution in [3.63, 3.8) is 0 Å². The van der Waals surface area contributed by atoms with E-state index in [1.54, 1.807) is 0 Å². The van der Waals surface area contributed by atoms with E-state index in [9.17, 15) is 9.59 Å². The predicted molar refractivity (Wildman–Crippen MR) is 52.8 cm³/mol. The van der Waals surface area contributed by atoms with Gasteiger partial charge in [0.1, 0.15) is 6.04 Å². The lowest BCUT2D eigenvalue weighted by Crippen LogP contribution is -2.33. The van der Waals surface area contributed by atoms with Crippen LogP contribution in [-0.2, 0) is 4.79 Å². The molecule has 0 radical (unpaired) electrons. The Labute approximate surface area is 83.1 Å². The van der Waals surface area contributed by atoms with Gasteiger partial charge in [0, 0.05) is 12.3 Å². The Morgan fingerprint density at radius 1 is 1.54 bits per heavy atom. The molecule has 0 aromatic rings. The Kier molecular flexibility index (Phi) is 3.59. The Hall–Kier alpha value is -0.710. The minimum Gasteiger partial charge on any atom is -0.326 e. The molecular formula is C8H14N2O2S. The SMILES string of the molecule is CCCC1NC(=O)N(CCS)C1=O. The molecule has 1 heterocycles. The molecule has 0 saturated carbocycles. The van der Waals surface area contributed by atoms with Gasteiger partial charge >= 0.3 is 6.03 Å². The highest BCUT2D eigenvalue weighted by Gasteiger charge is 2.36. The molecule has 0 aromatic carbocycles. The second-order valence-electron chi connectivity index (χ2n) is 3.00. The molecule has 0 spiro atoms. The summed E-state index contributed by atoms with van der Waals surface area (Å²) in [6.45, 7) is 2.38. The van der Waals surface area contributed by atoms with Crippen molar-refractivity contribution < 1.29 is 9.59 Å². The third-order valence-corrected chi connectivity index (χ3v) is 2.21. The number of hydrogen-bond acceptors (Lipinski definition) is 3. The Morgan fingerprint density at radius 3 is 2.77 bits per heavy atom. The van der Waals surface area contributed by atoms with E-state index in [0.29, 0.717) is 18.7 Å². The molecule has 1 aliphatic heterocycles. The Bertz CT molecular complexity index is 220. The molecular weight excluding hydrogens is 188 g/mol. The summed E-state index contributed by atoms with van der Waals surface area (Å²) >= 11 is 3.98. The number of hydrogen-bond donors (Lipinski definition) is 2. The van der Waals surface area contributed by atoms with E-state index in [1.165, 1.54) is 4.90 Å². The smallest absolute Gasteiger partial charge is 0.324 e. The van der Waals surface area contributed by atoms with Crippen LogP contribution in [0.25, 0.3) is 0 Å². The van der Waals surface area contributed by atoms with Crippen LogP contribution in [0, 0.1) is 0 Å². The highest BCUT2D eigenvalue weighted by molar-refractivity contribution is 7.80. The number of nitrogens with zero attached hydrogens (tertiary/aromatic N) is 1. The average molecular weight is 202 g/mol. The first-order chi connectivity index (χ1) is 6.20. The number of urea groups is 1. The Morgan fingerprint density at radius 2 is 2.23 bits per heavy atom. The molecule has 5 heteroatoms. The van der Waals surface area contributed by atoms with E-state index in [0.717, 1.165) is 6.42 Å². The third-order valence-electron chi connectivity index (χ3n) is 2.01. The first-order valence-corrected chi connectivity index (χ1v) is 5.06. The van der Waals surface area contributed by atoms with E-state index in [-0.39, 0.29) is 18.0 Å². The number of imide groups is 1. The minimum atomic E-state index is -0.308. The number of carbonyl (C=O) groups is 2. The van der Waals surface area contributed by atoms with E-state index in [1.807, 2.05) is 6.92 Å². The lowest BCUT2D eigenvalue weighted by Gasteiger charge is -2.10. The standard InChI is InChI=1S/C8H14N2O2S/c1-2-3-6-7(11)10(4-5-13)8(12)9-6/h6,13H,2-5H2,1H3,(H,9,12). The normalized spacial score (nSPS) is 22.3. The van der Waals surface area contributed by atoms with Crippen LogP contribution in [0.1, 0.15) is 19.8 Å². The molecule has 13 heavy (non-hydrogen) atoms. The second-order valence-corrected chi connectivity index (χ2v) is 3.45. The molecule has 1 aliphatic rings. The summed E-state index contributed by atoms with van der Waals surface area (Å²) in [7, 11) is 0. The second kappa shape index (κ2) is 4.50. The van der Waals surface area contributed by atoms with Crippen molar-refractivity contribution >= 4 is 24.6 Å². The lowest BCUT2D eigenvalue weighted by molar-refractivity contribution is -0.127. The van der Waals surface area contributed by atoms with Gasteiger partial charge in [-0.05, 0) is 6.42 Å². The van der Waals surface area contributed by atoms with Crippen LogP contribution >= 0.6 is 12.6 Å². The van der Waals surface area contributed by atoms with Crippen molar-refractivity contribution in [3.05, 3.63) is 0 Å². The first kappa shape index (κ1) is 10.4. The molecule has 0 aliphatic carbocycles. The molecule has 1 atom stereocenters. The van der Waals surface area contributed by atoms with Gasteiger partial charge in [-0.3, -0.25) is 9.69 Å². The van der Waals surface area contributed by atoms with Crippen LogP contribution in [0.5, 0.6) is 0 Å². The molecule has 74 valence electrons. The van der Waals surface area contributed by atoms with E-state index < -0.39 is 0 Å². The third kappa shape index (κ3) is 2.15. The first-order valence-electron chi connectivity index (χ1n) is 4.43. The van der Waals surface area contributed by atoms with Gasteiger partial charge in [0.2, 0.25) is 0 Å².